The number of rotatable bonds is 3. The summed E-state index contributed by atoms with van der Waals surface area (Å²) in [7, 11) is 3.12. The predicted molar refractivity (Wildman–Crippen MR) is 71.3 cm³/mol. The SMILES string of the molecule is COc1cc(-c2cc(N)n[nH]2)c(C)c(Cl)c1OC. The number of aromatic nitrogens is 2. The quantitative estimate of drug-likeness (QED) is 0.897. The molecule has 0 radical (unpaired) electrons. The van der Waals surface area contributed by atoms with Gasteiger partial charge in [-0.05, 0) is 18.6 Å². The second-order valence-corrected chi connectivity index (χ2v) is 4.18. The van der Waals surface area contributed by atoms with Crippen molar-refractivity contribution < 1.29 is 9.47 Å². The molecule has 0 unspecified atom stereocenters. The minimum absolute atomic E-state index is 0.426. The highest BCUT2D eigenvalue weighted by molar-refractivity contribution is 6.33. The lowest BCUT2D eigenvalue weighted by Crippen LogP contribution is -1.95. The van der Waals surface area contributed by atoms with Gasteiger partial charge in [0, 0.05) is 11.6 Å². The zero-order valence-electron chi connectivity index (χ0n) is 10.4. The first kappa shape index (κ1) is 12.6. The standard InChI is InChI=1S/C12H14ClN3O2/c1-6-7(8-5-10(14)16-15-8)4-9(17-2)12(18-3)11(6)13/h4-5H,1-3H3,(H3,14,15,16). The van der Waals surface area contributed by atoms with Crippen LogP contribution < -0.4 is 15.2 Å². The van der Waals surface area contributed by atoms with E-state index in [0.717, 1.165) is 16.8 Å². The molecule has 18 heavy (non-hydrogen) atoms. The fourth-order valence-corrected chi connectivity index (χ4v) is 2.07. The van der Waals surface area contributed by atoms with Crippen molar-refractivity contribution in [2.75, 3.05) is 20.0 Å². The first-order chi connectivity index (χ1) is 8.58. The highest BCUT2D eigenvalue weighted by atomic mass is 35.5. The Bertz CT molecular complexity index is 581. The molecule has 2 rings (SSSR count). The van der Waals surface area contributed by atoms with Gasteiger partial charge in [0.05, 0.1) is 24.9 Å². The lowest BCUT2D eigenvalue weighted by Gasteiger charge is -2.14. The van der Waals surface area contributed by atoms with Crippen LogP contribution in [0.3, 0.4) is 0 Å². The van der Waals surface area contributed by atoms with Gasteiger partial charge < -0.3 is 15.2 Å². The van der Waals surface area contributed by atoms with E-state index in [4.69, 9.17) is 26.8 Å². The van der Waals surface area contributed by atoms with Crippen LogP contribution in [0.25, 0.3) is 11.3 Å². The van der Waals surface area contributed by atoms with Crippen LogP contribution in [0.1, 0.15) is 5.56 Å². The molecule has 0 saturated carbocycles. The van der Waals surface area contributed by atoms with E-state index in [9.17, 15) is 0 Å². The molecule has 1 aromatic carbocycles. The van der Waals surface area contributed by atoms with Crippen LogP contribution in [-0.4, -0.2) is 24.4 Å². The van der Waals surface area contributed by atoms with Gasteiger partial charge in [0.15, 0.2) is 11.5 Å². The Morgan fingerprint density at radius 1 is 1.28 bits per heavy atom. The maximum atomic E-state index is 6.27. The second kappa shape index (κ2) is 4.78. The summed E-state index contributed by atoms with van der Waals surface area (Å²) in [6.07, 6.45) is 0. The smallest absolute Gasteiger partial charge is 0.179 e. The van der Waals surface area contributed by atoms with E-state index in [0.29, 0.717) is 22.3 Å². The van der Waals surface area contributed by atoms with Crippen LogP contribution in [0.15, 0.2) is 12.1 Å². The molecule has 0 spiro atoms. The van der Waals surface area contributed by atoms with Gasteiger partial charge in [0.25, 0.3) is 0 Å². The highest BCUT2D eigenvalue weighted by Crippen LogP contribution is 2.42. The minimum Gasteiger partial charge on any atom is -0.493 e. The van der Waals surface area contributed by atoms with Crippen molar-refractivity contribution in [3.05, 3.63) is 22.7 Å². The van der Waals surface area contributed by atoms with Crippen molar-refractivity contribution >= 4 is 17.4 Å². The molecular weight excluding hydrogens is 254 g/mol. The van der Waals surface area contributed by atoms with Crippen LogP contribution in [0.4, 0.5) is 5.82 Å². The average molecular weight is 268 g/mol. The normalized spacial score (nSPS) is 10.4. The van der Waals surface area contributed by atoms with E-state index in [1.54, 1.807) is 20.3 Å². The number of anilines is 1. The Hall–Kier alpha value is -1.88. The third-order valence-corrected chi connectivity index (χ3v) is 3.20. The summed E-state index contributed by atoms with van der Waals surface area (Å²) in [5, 5.41) is 7.26. The molecule has 96 valence electrons. The van der Waals surface area contributed by atoms with E-state index in [-0.39, 0.29) is 0 Å². The molecule has 0 aliphatic carbocycles. The van der Waals surface area contributed by atoms with Crippen LogP contribution in [-0.2, 0) is 0 Å². The molecule has 5 nitrogen and oxygen atoms in total. The van der Waals surface area contributed by atoms with Gasteiger partial charge in [-0.25, -0.2) is 0 Å². The molecule has 1 aromatic heterocycles. The molecule has 2 aromatic rings. The zero-order valence-corrected chi connectivity index (χ0v) is 11.1. The largest absolute Gasteiger partial charge is 0.493 e. The second-order valence-electron chi connectivity index (χ2n) is 3.81. The summed E-state index contributed by atoms with van der Waals surface area (Å²) < 4.78 is 10.5. The number of halogens is 1. The van der Waals surface area contributed by atoms with E-state index < -0.39 is 0 Å². The third-order valence-electron chi connectivity index (χ3n) is 2.74. The highest BCUT2D eigenvalue weighted by Gasteiger charge is 2.17. The van der Waals surface area contributed by atoms with Gasteiger partial charge in [0.1, 0.15) is 5.82 Å². The number of nitrogen functional groups attached to an aromatic ring is 1. The maximum absolute atomic E-state index is 6.27. The van der Waals surface area contributed by atoms with Crippen molar-refractivity contribution in [2.24, 2.45) is 0 Å². The van der Waals surface area contributed by atoms with Crippen molar-refractivity contribution in [1.82, 2.24) is 10.2 Å². The summed E-state index contributed by atoms with van der Waals surface area (Å²) in [5.74, 6) is 1.51. The van der Waals surface area contributed by atoms with Crippen LogP contribution in [0.2, 0.25) is 5.02 Å². The molecule has 1 heterocycles. The number of hydrogen-bond donors (Lipinski definition) is 2. The number of benzene rings is 1. The van der Waals surface area contributed by atoms with Crippen molar-refractivity contribution in [3.8, 4) is 22.8 Å². The van der Waals surface area contributed by atoms with E-state index >= 15 is 0 Å². The Morgan fingerprint density at radius 3 is 2.50 bits per heavy atom. The summed E-state index contributed by atoms with van der Waals surface area (Å²) >= 11 is 6.27. The zero-order chi connectivity index (χ0) is 13.3. The van der Waals surface area contributed by atoms with E-state index in [2.05, 4.69) is 10.2 Å². The fraction of sp³-hybridized carbons (Fsp3) is 0.250. The van der Waals surface area contributed by atoms with Crippen LogP contribution in [0, 0.1) is 6.92 Å². The van der Waals surface area contributed by atoms with E-state index in [1.807, 2.05) is 13.0 Å². The fourth-order valence-electron chi connectivity index (χ4n) is 1.80. The molecule has 0 amide bonds. The first-order valence-electron chi connectivity index (χ1n) is 5.30. The van der Waals surface area contributed by atoms with Crippen molar-refractivity contribution in [2.45, 2.75) is 6.92 Å². The predicted octanol–water partition coefficient (Wildman–Crippen LogP) is 2.64. The average Bonchev–Trinajstić information content (AvgIpc) is 2.78. The molecule has 0 bridgehead atoms. The molecular formula is C12H14ClN3O2. The number of methoxy groups -OCH3 is 2. The van der Waals surface area contributed by atoms with Crippen molar-refractivity contribution in [3.63, 3.8) is 0 Å². The Balaban J connectivity index is 2.65. The Morgan fingerprint density at radius 2 is 2.00 bits per heavy atom. The summed E-state index contributed by atoms with van der Waals surface area (Å²) in [6, 6.07) is 3.58. The first-order valence-corrected chi connectivity index (χ1v) is 5.68. The number of nitrogens with zero attached hydrogens (tertiary/aromatic N) is 1. The van der Waals surface area contributed by atoms with Gasteiger partial charge in [-0.2, -0.15) is 5.10 Å². The summed E-state index contributed by atoms with van der Waals surface area (Å²) in [6.45, 7) is 1.90. The lowest BCUT2D eigenvalue weighted by molar-refractivity contribution is 0.355. The van der Waals surface area contributed by atoms with Gasteiger partial charge in [-0.3, -0.25) is 5.10 Å². The van der Waals surface area contributed by atoms with Crippen LogP contribution in [0.5, 0.6) is 11.5 Å². The van der Waals surface area contributed by atoms with Gasteiger partial charge in [-0.15, -0.1) is 0 Å². The molecule has 3 N–H and O–H groups in total. The number of ether oxygens (including phenoxy) is 2. The number of hydrogen-bond acceptors (Lipinski definition) is 4. The maximum Gasteiger partial charge on any atom is 0.179 e. The number of nitrogens with two attached hydrogens (primary N) is 1. The van der Waals surface area contributed by atoms with Gasteiger partial charge >= 0.3 is 0 Å². The van der Waals surface area contributed by atoms with Gasteiger partial charge in [-0.1, -0.05) is 11.6 Å². The number of aromatic amines is 1. The molecule has 0 aliphatic rings. The summed E-state index contributed by atoms with van der Waals surface area (Å²) in [5.41, 5.74) is 8.13. The molecule has 0 fully saturated rings. The number of nitrogens with one attached hydrogen (secondary N) is 1. The summed E-state index contributed by atoms with van der Waals surface area (Å²) in [4.78, 5) is 0. The number of H-pyrrole nitrogens is 1. The molecule has 0 aliphatic heterocycles. The Kier molecular flexibility index (Phi) is 3.34. The molecule has 6 heteroatoms. The Labute approximate surface area is 110 Å². The van der Waals surface area contributed by atoms with Crippen LogP contribution >= 0.6 is 11.6 Å². The monoisotopic (exact) mass is 267 g/mol. The van der Waals surface area contributed by atoms with Gasteiger partial charge in [0.2, 0.25) is 0 Å². The third kappa shape index (κ3) is 1.97. The minimum atomic E-state index is 0.426. The topological polar surface area (TPSA) is 73.2 Å². The molecule has 0 atom stereocenters. The molecule has 0 saturated heterocycles. The van der Waals surface area contributed by atoms with Crippen molar-refractivity contribution in [1.29, 1.82) is 0 Å². The lowest BCUT2D eigenvalue weighted by atomic mass is 10.0. The van der Waals surface area contributed by atoms with E-state index in [1.165, 1.54) is 0 Å².